The van der Waals surface area contributed by atoms with Crippen LogP contribution in [0.25, 0.3) is 11.0 Å². The van der Waals surface area contributed by atoms with E-state index in [9.17, 15) is 4.79 Å². The Hall–Kier alpha value is -2.73. The minimum absolute atomic E-state index is 0.0738. The standard InChI is InChI=1S/C22H27N5O/c1-15-19(13-18-16(2)25-26(3)21(18)24-15)22(28)23-14-20(27-11-7-8-12-27)17-9-5-4-6-10-17/h4-6,9-10,13,20H,7-8,11-12,14H2,1-3H3,(H,23,28)/t20-/m0/s1. The molecule has 6 heteroatoms. The van der Waals surface area contributed by atoms with Crippen LogP contribution in [0.4, 0.5) is 0 Å². The molecule has 4 rings (SSSR count). The van der Waals surface area contributed by atoms with Gasteiger partial charge in [0, 0.05) is 19.0 Å². The van der Waals surface area contributed by atoms with Gasteiger partial charge in [-0.3, -0.25) is 14.4 Å². The van der Waals surface area contributed by atoms with Gasteiger partial charge in [-0.1, -0.05) is 30.3 Å². The number of benzene rings is 1. The van der Waals surface area contributed by atoms with Gasteiger partial charge in [0.2, 0.25) is 0 Å². The zero-order valence-corrected chi connectivity index (χ0v) is 16.8. The van der Waals surface area contributed by atoms with E-state index in [2.05, 4.69) is 44.6 Å². The summed E-state index contributed by atoms with van der Waals surface area (Å²) in [4.78, 5) is 20.1. The Kier molecular flexibility index (Phi) is 5.13. The van der Waals surface area contributed by atoms with E-state index in [0.29, 0.717) is 12.1 Å². The average Bonchev–Trinajstić information content (AvgIpc) is 3.31. The Morgan fingerprint density at radius 2 is 1.86 bits per heavy atom. The first kappa shape index (κ1) is 18.6. The maximum absolute atomic E-state index is 13.0. The number of nitrogens with one attached hydrogen (secondary N) is 1. The number of hydrogen-bond acceptors (Lipinski definition) is 4. The van der Waals surface area contributed by atoms with Gasteiger partial charge in [-0.05, 0) is 51.4 Å². The highest BCUT2D eigenvalue weighted by molar-refractivity contribution is 5.98. The predicted molar refractivity (Wildman–Crippen MR) is 110 cm³/mol. The Bertz CT molecular complexity index is 989. The van der Waals surface area contributed by atoms with E-state index in [4.69, 9.17) is 0 Å². The second kappa shape index (κ2) is 7.72. The van der Waals surface area contributed by atoms with E-state index in [-0.39, 0.29) is 11.9 Å². The third-order valence-corrected chi connectivity index (χ3v) is 5.66. The summed E-state index contributed by atoms with van der Waals surface area (Å²) in [6.07, 6.45) is 2.44. The van der Waals surface area contributed by atoms with Gasteiger partial charge in [-0.15, -0.1) is 0 Å². The summed E-state index contributed by atoms with van der Waals surface area (Å²) in [5.74, 6) is -0.0738. The van der Waals surface area contributed by atoms with Crippen molar-refractivity contribution in [3.8, 4) is 0 Å². The predicted octanol–water partition coefficient (Wildman–Crippen LogP) is 3.15. The molecule has 28 heavy (non-hydrogen) atoms. The smallest absolute Gasteiger partial charge is 0.253 e. The molecule has 3 aromatic rings. The number of carbonyl (C=O) groups excluding carboxylic acids is 1. The van der Waals surface area contributed by atoms with Crippen molar-refractivity contribution in [3.05, 3.63) is 58.9 Å². The highest BCUT2D eigenvalue weighted by Crippen LogP contribution is 2.25. The Labute approximate surface area is 165 Å². The minimum Gasteiger partial charge on any atom is -0.350 e. The van der Waals surface area contributed by atoms with Gasteiger partial charge >= 0.3 is 0 Å². The largest absolute Gasteiger partial charge is 0.350 e. The van der Waals surface area contributed by atoms with E-state index in [0.717, 1.165) is 35.5 Å². The van der Waals surface area contributed by atoms with Crippen molar-refractivity contribution in [1.82, 2.24) is 25.0 Å². The summed E-state index contributed by atoms with van der Waals surface area (Å²) in [5, 5.41) is 8.50. The van der Waals surface area contributed by atoms with Crippen LogP contribution in [0.1, 0.15) is 46.2 Å². The lowest BCUT2D eigenvalue weighted by molar-refractivity contribution is 0.0937. The molecule has 1 fully saturated rings. The van der Waals surface area contributed by atoms with Gasteiger partial charge in [0.1, 0.15) is 0 Å². The van der Waals surface area contributed by atoms with Crippen LogP contribution >= 0.6 is 0 Å². The Balaban J connectivity index is 1.56. The van der Waals surface area contributed by atoms with Crippen LogP contribution in [0.15, 0.2) is 36.4 Å². The molecule has 0 unspecified atom stereocenters. The second-order valence-corrected chi connectivity index (χ2v) is 7.58. The molecule has 1 N–H and O–H groups in total. The first-order chi connectivity index (χ1) is 13.5. The molecule has 0 spiro atoms. The molecule has 0 radical (unpaired) electrons. The molecule has 1 saturated heterocycles. The molecule has 146 valence electrons. The molecule has 1 aliphatic rings. The van der Waals surface area contributed by atoms with Crippen molar-refractivity contribution >= 4 is 16.9 Å². The number of nitrogens with zero attached hydrogens (tertiary/aromatic N) is 4. The van der Waals surface area contributed by atoms with E-state index in [1.807, 2.05) is 33.0 Å². The average molecular weight is 377 g/mol. The highest BCUT2D eigenvalue weighted by atomic mass is 16.1. The van der Waals surface area contributed by atoms with Crippen molar-refractivity contribution < 1.29 is 4.79 Å². The fourth-order valence-electron chi connectivity index (χ4n) is 4.13. The number of hydrogen-bond donors (Lipinski definition) is 1. The number of aromatic nitrogens is 3. The lowest BCUT2D eigenvalue weighted by Gasteiger charge is -2.28. The van der Waals surface area contributed by atoms with Crippen LogP contribution in [-0.2, 0) is 7.05 Å². The van der Waals surface area contributed by atoms with E-state index < -0.39 is 0 Å². The van der Waals surface area contributed by atoms with Gasteiger partial charge < -0.3 is 5.32 Å². The van der Waals surface area contributed by atoms with Crippen LogP contribution in [0.2, 0.25) is 0 Å². The number of aryl methyl sites for hydroxylation is 3. The first-order valence-electron chi connectivity index (χ1n) is 9.92. The number of amides is 1. The second-order valence-electron chi connectivity index (χ2n) is 7.58. The molecular weight excluding hydrogens is 350 g/mol. The van der Waals surface area contributed by atoms with Crippen molar-refractivity contribution in [2.75, 3.05) is 19.6 Å². The van der Waals surface area contributed by atoms with Crippen molar-refractivity contribution in [1.29, 1.82) is 0 Å². The number of fused-ring (bicyclic) bond motifs is 1. The SMILES string of the molecule is Cc1nc2c(cc1C(=O)NC[C@@H](c1ccccc1)N1CCCC1)c(C)nn2C. The third kappa shape index (κ3) is 3.52. The summed E-state index contributed by atoms with van der Waals surface area (Å²) in [6, 6.07) is 12.6. The first-order valence-corrected chi connectivity index (χ1v) is 9.92. The summed E-state index contributed by atoms with van der Waals surface area (Å²) in [6.45, 7) is 6.58. The zero-order chi connectivity index (χ0) is 19.7. The van der Waals surface area contributed by atoms with Crippen LogP contribution < -0.4 is 5.32 Å². The van der Waals surface area contributed by atoms with Gasteiger partial charge in [0.15, 0.2) is 5.65 Å². The molecule has 3 heterocycles. The minimum atomic E-state index is -0.0738. The maximum Gasteiger partial charge on any atom is 0.253 e. The molecule has 0 aliphatic carbocycles. The summed E-state index contributed by atoms with van der Waals surface area (Å²) >= 11 is 0. The maximum atomic E-state index is 13.0. The van der Waals surface area contributed by atoms with Crippen molar-refractivity contribution in [3.63, 3.8) is 0 Å². The fourth-order valence-corrected chi connectivity index (χ4v) is 4.13. The van der Waals surface area contributed by atoms with Gasteiger partial charge in [0.05, 0.1) is 23.0 Å². The van der Waals surface area contributed by atoms with Crippen molar-refractivity contribution in [2.45, 2.75) is 32.7 Å². The fraction of sp³-hybridized carbons (Fsp3) is 0.409. The summed E-state index contributed by atoms with van der Waals surface area (Å²) in [7, 11) is 1.88. The lowest BCUT2D eigenvalue weighted by atomic mass is 10.0. The Morgan fingerprint density at radius 3 is 2.57 bits per heavy atom. The molecule has 1 aliphatic heterocycles. The highest BCUT2D eigenvalue weighted by Gasteiger charge is 2.24. The number of likely N-dealkylation sites (tertiary alicyclic amines) is 1. The monoisotopic (exact) mass is 377 g/mol. The molecule has 6 nitrogen and oxygen atoms in total. The van der Waals surface area contributed by atoms with Gasteiger partial charge in [-0.2, -0.15) is 5.10 Å². The third-order valence-electron chi connectivity index (χ3n) is 5.66. The molecule has 0 saturated carbocycles. The van der Waals surface area contributed by atoms with Crippen LogP contribution in [-0.4, -0.2) is 45.2 Å². The lowest BCUT2D eigenvalue weighted by Crippen LogP contribution is -2.37. The van der Waals surface area contributed by atoms with Crippen molar-refractivity contribution in [2.24, 2.45) is 7.05 Å². The number of pyridine rings is 1. The number of rotatable bonds is 5. The summed E-state index contributed by atoms with van der Waals surface area (Å²) in [5.41, 5.74) is 4.30. The normalized spacial score (nSPS) is 15.8. The Morgan fingerprint density at radius 1 is 1.14 bits per heavy atom. The zero-order valence-electron chi connectivity index (χ0n) is 16.8. The van der Waals surface area contributed by atoms with Gasteiger partial charge in [-0.25, -0.2) is 4.98 Å². The molecule has 0 bridgehead atoms. The van der Waals surface area contributed by atoms with E-state index in [1.165, 1.54) is 18.4 Å². The molecule has 1 aromatic carbocycles. The van der Waals surface area contributed by atoms with Gasteiger partial charge in [0.25, 0.3) is 5.91 Å². The van der Waals surface area contributed by atoms with E-state index >= 15 is 0 Å². The number of carbonyl (C=O) groups is 1. The van der Waals surface area contributed by atoms with E-state index in [1.54, 1.807) is 4.68 Å². The molecule has 1 amide bonds. The topological polar surface area (TPSA) is 63.1 Å². The quantitative estimate of drug-likeness (QED) is 0.742. The van der Waals surface area contributed by atoms with Crippen LogP contribution in [0, 0.1) is 13.8 Å². The van der Waals surface area contributed by atoms with Crippen LogP contribution in [0.3, 0.4) is 0 Å². The van der Waals surface area contributed by atoms with Crippen LogP contribution in [0.5, 0.6) is 0 Å². The molecule has 1 atom stereocenters. The summed E-state index contributed by atoms with van der Waals surface area (Å²) < 4.78 is 1.76. The molecular formula is C22H27N5O. The molecule has 2 aromatic heterocycles.